The number of aliphatic carboxylic acids is 1. The van der Waals surface area contributed by atoms with Crippen molar-refractivity contribution in [2.24, 2.45) is 28.9 Å². The molecule has 25 heavy (non-hydrogen) atoms. The van der Waals surface area contributed by atoms with E-state index in [1.54, 1.807) is 6.92 Å². The quantitative estimate of drug-likeness (QED) is 0.195. The Morgan fingerprint density at radius 1 is 1.00 bits per heavy atom. The van der Waals surface area contributed by atoms with Gasteiger partial charge >= 0.3 is 17.9 Å². The summed E-state index contributed by atoms with van der Waals surface area (Å²) in [5.74, 6) is -3.87. The summed E-state index contributed by atoms with van der Waals surface area (Å²) < 4.78 is 4.46. The molecular weight excluding hydrogens is 336 g/mol. The number of ether oxygens (including phenoxy) is 1. The number of hydrogen-bond donors (Lipinski definition) is 6. The van der Waals surface area contributed by atoms with E-state index in [4.69, 9.17) is 33.1 Å². The summed E-state index contributed by atoms with van der Waals surface area (Å²) in [5, 5.41) is 16.6. The Balaban J connectivity index is 0. The van der Waals surface area contributed by atoms with Crippen LogP contribution in [0.1, 0.15) is 33.6 Å². The molecule has 0 aliphatic carbocycles. The van der Waals surface area contributed by atoms with E-state index in [-0.39, 0.29) is 12.3 Å². The zero-order valence-corrected chi connectivity index (χ0v) is 14.5. The summed E-state index contributed by atoms with van der Waals surface area (Å²) in [6.07, 6.45) is -0.671. The summed E-state index contributed by atoms with van der Waals surface area (Å²) in [7, 11) is 0. The third-order valence-corrected chi connectivity index (χ3v) is 3.26. The Hall–Kier alpha value is -2.08. The van der Waals surface area contributed by atoms with Crippen LogP contribution in [0.5, 0.6) is 0 Å². The van der Waals surface area contributed by atoms with E-state index in [2.05, 4.69) is 4.74 Å². The molecule has 11 heteroatoms. The molecule has 10 N–H and O–H groups in total. The van der Waals surface area contributed by atoms with Crippen LogP contribution < -0.4 is 22.9 Å². The van der Waals surface area contributed by atoms with Crippen molar-refractivity contribution in [3.05, 3.63) is 0 Å². The number of carbonyl (C=O) groups is 4. The summed E-state index contributed by atoms with van der Waals surface area (Å²) in [5.41, 5.74) is 20.6. The smallest absolute Gasteiger partial charge is 0.331 e. The zero-order chi connectivity index (χ0) is 20.3. The maximum absolute atomic E-state index is 11.4. The number of carbonyl (C=O) groups excluding carboxylic acids is 3. The molecule has 1 amide bonds. The number of rotatable bonds is 8. The zero-order valence-electron chi connectivity index (χ0n) is 14.5. The molecule has 0 aromatic rings. The Kier molecular flexibility index (Phi) is 12.4. The van der Waals surface area contributed by atoms with Gasteiger partial charge in [-0.3, -0.25) is 9.59 Å². The fourth-order valence-electron chi connectivity index (χ4n) is 1.24. The first-order valence-electron chi connectivity index (χ1n) is 7.56. The third kappa shape index (κ3) is 11.2. The highest BCUT2D eigenvalue weighted by molar-refractivity contribution is 5.92. The standard InChI is InChI=1S/C10H19N3O4.C4H9NO3/c1-3-5(2)8(13)10(16)17-9(15)6(11)4-7(12)14;1-2(6)3(5)4(7)8/h5-6,8H,3-4,11,13H2,1-2H3,(H2,12,14);2-3,6H,5H2,1H3,(H,7,8)/t5-,6-,8-;2-,3+/m01/s1. The number of carboxylic acid groups (broad SMARTS) is 1. The predicted octanol–water partition coefficient (Wildman–Crippen LogP) is -2.59. The van der Waals surface area contributed by atoms with Gasteiger partial charge in [-0.2, -0.15) is 0 Å². The van der Waals surface area contributed by atoms with Crippen LogP contribution in [0, 0.1) is 5.92 Å². The fourth-order valence-corrected chi connectivity index (χ4v) is 1.24. The molecule has 0 saturated carbocycles. The van der Waals surface area contributed by atoms with Crippen LogP contribution in [-0.2, 0) is 23.9 Å². The lowest BCUT2D eigenvalue weighted by Crippen LogP contribution is -2.43. The molecule has 11 nitrogen and oxygen atoms in total. The predicted molar refractivity (Wildman–Crippen MR) is 87.6 cm³/mol. The molecule has 0 rings (SSSR count). The average molecular weight is 364 g/mol. The monoisotopic (exact) mass is 364 g/mol. The van der Waals surface area contributed by atoms with E-state index in [0.29, 0.717) is 6.42 Å². The molecule has 0 saturated heterocycles. The molecule has 0 heterocycles. The van der Waals surface area contributed by atoms with Gasteiger partial charge in [0.1, 0.15) is 18.1 Å². The van der Waals surface area contributed by atoms with E-state index >= 15 is 0 Å². The van der Waals surface area contributed by atoms with Crippen molar-refractivity contribution in [1.29, 1.82) is 0 Å². The first kappa shape index (κ1) is 25.2. The normalized spacial score (nSPS) is 16.3. The maximum Gasteiger partial charge on any atom is 0.331 e. The maximum atomic E-state index is 11.4. The molecule has 0 fully saturated rings. The van der Waals surface area contributed by atoms with Crippen molar-refractivity contribution < 1.29 is 34.1 Å². The highest BCUT2D eigenvalue weighted by Crippen LogP contribution is 2.07. The van der Waals surface area contributed by atoms with Crippen molar-refractivity contribution in [1.82, 2.24) is 0 Å². The minimum atomic E-state index is -1.24. The van der Waals surface area contributed by atoms with Crippen LogP contribution in [0.4, 0.5) is 0 Å². The van der Waals surface area contributed by atoms with Crippen LogP contribution in [0.25, 0.3) is 0 Å². The van der Waals surface area contributed by atoms with Gasteiger partial charge in [0.25, 0.3) is 0 Å². The number of amides is 1. The van der Waals surface area contributed by atoms with Gasteiger partial charge < -0.3 is 37.9 Å². The molecule has 0 aromatic carbocycles. The van der Waals surface area contributed by atoms with Crippen molar-refractivity contribution in [2.75, 3.05) is 0 Å². The second-order valence-electron chi connectivity index (χ2n) is 5.53. The van der Waals surface area contributed by atoms with Gasteiger partial charge in [0.2, 0.25) is 5.91 Å². The van der Waals surface area contributed by atoms with E-state index < -0.39 is 48.0 Å². The Labute approximate surface area is 145 Å². The van der Waals surface area contributed by atoms with E-state index in [1.807, 2.05) is 6.92 Å². The van der Waals surface area contributed by atoms with Crippen molar-refractivity contribution in [3.63, 3.8) is 0 Å². The summed E-state index contributed by atoms with van der Waals surface area (Å²) in [4.78, 5) is 43.0. The van der Waals surface area contributed by atoms with Crippen molar-refractivity contribution in [2.45, 2.75) is 57.8 Å². The van der Waals surface area contributed by atoms with Crippen LogP contribution in [0.3, 0.4) is 0 Å². The molecule has 0 spiro atoms. The Bertz CT molecular complexity index is 470. The molecule has 0 unspecified atom stereocenters. The van der Waals surface area contributed by atoms with Crippen molar-refractivity contribution >= 4 is 23.8 Å². The lowest BCUT2D eigenvalue weighted by atomic mass is 10.0. The first-order valence-corrected chi connectivity index (χ1v) is 7.56. The van der Waals surface area contributed by atoms with Gasteiger partial charge in [0.05, 0.1) is 12.5 Å². The number of carboxylic acids is 1. The second-order valence-corrected chi connectivity index (χ2v) is 5.53. The number of primary amides is 1. The molecule has 5 atom stereocenters. The number of hydrogen-bond acceptors (Lipinski definition) is 9. The molecule has 0 aliphatic rings. The van der Waals surface area contributed by atoms with Gasteiger partial charge in [0, 0.05) is 0 Å². The summed E-state index contributed by atoms with van der Waals surface area (Å²) >= 11 is 0. The first-order chi connectivity index (χ1) is 11.3. The Morgan fingerprint density at radius 3 is 1.76 bits per heavy atom. The van der Waals surface area contributed by atoms with Crippen LogP contribution in [0.2, 0.25) is 0 Å². The third-order valence-electron chi connectivity index (χ3n) is 3.26. The van der Waals surface area contributed by atoms with Crippen LogP contribution in [0.15, 0.2) is 0 Å². The summed E-state index contributed by atoms with van der Waals surface area (Å²) in [6.45, 7) is 4.96. The lowest BCUT2D eigenvalue weighted by molar-refractivity contribution is -0.162. The van der Waals surface area contributed by atoms with E-state index in [0.717, 1.165) is 0 Å². The fraction of sp³-hybridized carbons (Fsp3) is 0.714. The summed E-state index contributed by atoms with van der Waals surface area (Å²) in [6, 6.07) is -3.28. The van der Waals surface area contributed by atoms with Crippen LogP contribution in [-0.4, -0.2) is 58.3 Å². The highest BCUT2D eigenvalue weighted by Gasteiger charge is 2.26. The number of aliphatic hydroxyl groups excluding tert-OH is 1. The number of nitrogens with two attached hydrogens (primary N) is 4. The van der Waals surface area contributed by atoms with Gasteiger partial charge in [-0.25, -0.2) is 9.59 Å². The molecular formula is C14H28N4O7. The second kappa shape index (κ2) is 12.3. The highest BCUT2D eigenvalue weighted by atomic mass is 16.6. The van der Waals surface area contributed by atoms with Gasteiger partial charge in [-0.1, -0.05) is 20.3 Å². The van der Waals surface area contributed by atoms with Gasteiger partial charge in [0.15, 0.2) is 0 Å². The van der Waals surface area contributed by atoms with Crippen LogP contribution >= 0.6 is 0 Å². The molecule has 0 radical (unpaired) electrons. The SMILES string of the molecule is CC[C@H](C)[C@H](N)C(=O)OC(=O)[C@@H](N)CC(N)=O.C[C@@H](O)[C@H](N)C(=O)O. The molecule has 0 aliphatic heterocycles. The lowest BCUT2D eigenvalue weighted by Gasteiger charge is -2.17. The minimum Gasteiger partial charge on any atom is -0.480 e. The van der Waals surface area contributed by atoms with Gasteiger partial charge in [-0.05, 0) is 12.8 Å². The van der Waals surface area contributed by atoms with E-state index in [1.165, 1.54) is 6.92 Å². The molecule has 146 valence electrons. The largest absolute Gasteiger partial charge is 0.480 e. The topological polar surface area (TPSA) is 222 Å². The van der Waals surface area contributed by atoms with Gasteiger partial charge in [-0.15, -0.1) is 0 Å². The number of aliphatic hydroxyl groups is 1. The number of esters is 2. The van der Waals surface area contributed by atoms with Crippen molar-refractivity contribution in [3.8, 4) is 0 Å². The Morgan fingerprint density at radius 2 is 1.48 bits per heavy atom. The molecule has 0 bridgehead atoms. The van der Waals surface area contributed by atoms with E-state index in [9.17, 15) is 19.2 Å². The minimum absolute atomic E-state index is 0.109. The molecule has 0 aromatic heterocycles. The average Bonchev–Trinajstić information content (AvgIpc) is 2.51.